The maximum absolute atomic E-state index is 13.0. The van der Waals surface area contributed by atoms with Gasteiger partial charge in [-0.25, -0.2) is 0 Å². The normalized spacial score (nSPS) is 13.3. The molecule has 77 heavy (non-hydrogen) atoms. The van der Waals surface area contributed by atoms with Crippen LogP contribution < -0.4 is 5.73 Å². The number of aryl methyl sites for hydroxylation is 1. The number of hydrogen-bond acceptors (Lipinski definition) is 25. The fourth-order valence-corrected chi connectivity index (χ4v) is 10.7. The number of nitro benzene ring substituents is 1. The molecular weight excluding hydrogens is 1150 g/mol. The van der Waals surface area contributed by atoms with E-state index in [1.54, 1.807) is 0 Å². The number of hydrogen-bond donors (Lipinski definition) is 9. The van der Waals surface area contributed by atoms with E-state index in [9.17, 15) is 93.6 Å². The molecule has 0 fully saturated rings. The van der Waals surface area contributed by atoms with Gasteiger partial charge in [0.1, 0.15) is 52.9 Å². The first-order chi connectivity index (χ1) is 35.5. The maximum Gasteiger partial charge on any atom is 0.298 e. The van der Waals surface area contributed by atoms with Crippen LogP contribution in [0.3, 0.4) is 0 Å². The van der Waals surface area contributed by atoms with E-state index >= 15 is 0 Å². The number of benzene rings is 7. The highest BCUT2D eigenvalue weighted by atomic mass is 32.2. The molecule has 0 aromatic heterocycles. The number of fused-ring (bicyclic) bond motifs is 2. The zero-order valence-electron chi connectivity index (χ0n) is 37.5. The van der Waals surface area contributed by atoms with Crippen LogP contribution in [0.15, 0.2) is 161 Å². The van der Waals surface area contributed by atoms with Crippen LogP contribution in [-0.4, -0.2) is 93.0 Å². The summed E-state index contributed by atoms with van der Waals surface area (Å²) in [6.45, 7) is 1.29. The van der Waals surface area contributed by atoms with Gasteiger partial charge in [0.15, 0.2) is 17.2 Å². The van der Waals surface area contributed by atoms with Crippen LogP contribution in [0.4, 0.5) is 56.9 Å². The van der Waals surface area contributed by atoms with Gasteiger partial charge in [-0.1, -0.05) is 0 Å². The van der Waals surface area contributed by atoms with Gasteiger partial charge in [0.25, 0.3) is 66.4 Å². The molecule has 0 amide bonds. The molecule has 0 unspecified atom stereocenters. The van der Waals surface area contributed by atoms with E-state index in [-0.39, 0.29) is 22.3 Å². The van der Waals surface area contributed by atoms with Crippen LogP contribution in [0.25, 0.3) is 21.5 Å². The van der Waals surface area contributed by atoms with E-state index in [1.165, 1.54) is 6.92 Å². The van der Waals surface area contributed by atoms with E-state index in [4.69, 9.17) is 10.3 Å². The van der Waals surface area contributed by atoms with Crippen LogP contribution in [0.2, 0.25) is 0 Å². The van der Waals surface area contributed by atoms with Gasteiger partial charge in [-0.2, -0.15) is 60.7 Å². The average Bonchev–Trinajstić information content (AvgIpc) is 3.32. The van der Waals surface area contributed by atoms with Crippen molar-refractivity contribution in [3.63, 3.8) is 0 Å². The lowest BCUT2D eigenvalue weighted by Crippen LogP contribution is -2.03. The van der Waals surface area contributed by atoms with Crippen molar-refractivity contribution in [1.82, 2.24) is 0 Å². The summed E-state index contributed by atoms with van der Waals surface area (Å²) in [5, 5.41) is 61.8. The van der Waals surface area contributed by atoms with Gasteiger partial charge < -0.3 is 15.9 Å². The number of anilines is 1. The minimum Gasteiger partial charge on any atom is -0.505 e. The third-order valence-corrected chi connectivity index (χ3v) is 15.7. The zero-order chi connectivity index (χ0) is 57.1. The van der Waals surface area contributed by atoms with Crippen LogP contribution >= 0.6 is 0 Å². The summed E-state index contributed by atoms with van der Waals surface area (Å²) < 4.78 is 207. The van der Waals surface area contributed by atoms with Crippen molar-refractivity contribution in [1.29, 1.82) is 0 Å². The van der Waals surface area contributed by atoms with Gasteiger partial charge in [0.05, 0.1) is 32.3 Å². The molecule has 7 rings (SSSR count). The predicted molar refractivity (Wildman–Crippen MR) is 262 cm³/mol. The van der Waals surface area contributed by atoms with E-state index in [1.807, 2.05) is 0 Å². The Balaban J connectivity index is 1.33. The molecule has 0 spiro atoms. The van der Waals surface area contributed by atoms with Crippen molar-refractivity contribution in [2.24, 2.45) is 40.9 Å². The summed E-state index contributed by atoms with van der Waals surface area (Å²) >= 11 is 0. The van der Waals surface area contributed by atoms with E-state index in [2.05, 4.69) is 40.9 Å². The Morgan fingerprint density at radius 2 is 0.909 bits per heavy atom. The third kappa shape index (κ3) is 11.9. The van der Waals surface area contributed by atoms with Crippen molar-refractivity contribution in [2.45, 2.75) is 36.3 Å². The molecule has 7 aromatic rings. The van der Waals surface area contributed by atoms with E-state index in [0.717, 1.165) is 60.7 Å². The van der Waals surface area contributed by atoms with E-state index in [0.29, 0.717) is 30.3 Å². The molecular formula is C39H28N10O22S6. The summed E-state index contributed by atoms with van der Waals surface area (Å²) in [4.78, 5) is 4.26. The largest absolute Gasteiger partial charge is 0.505 e. The van der Waals surface area contributed by atoms with Crippen molar-refractivity contribution in [2.75, 3.05) is 5.73 Å². The molecule has 0 atom stereocenters. The van der Waals surface area contributed by atoms with Crippen LogP contribution in [0.1, 0.15) is 5.56 Å². The van der Waals surface area contributed by atoms with Crippen molar-refractivity contribution >= 4 is 139 Å². The molecule has 38 heteroatoms. The lowest BCUT2D eigenvalue weighted by molar-refractivity contribution is -0.384. The Hall–Kier alpha value is -8.28. The average molecular weight is 1180 g/mol. The molecule has 7 aromatic carbocycles. The number of azo groups is 4. The second-order valence-electron chi connectivity index (χ2n) is 15.4. The first kappa shape index (κ1) is 56.4. The first-order valence-electron chi connectivity index (χ1n) is 19.9. The molecule has 0 radical (unpaired) electrons. The highest BCUT2D eigenvalue weighted by molar-refractivity contribution is 7.87. The smallest absolute Gasteiger partial charge is 0.298 e. The standard InChI is InChI=1S/C39H28N10O22S6/c1-17-12-28(34(40)33-23(17)15-31(75(63,64)65)36(38(33)51)48-43-25-10-7-21(73(57,58)59)14-29(25)49(52)53)46-45-27-11-8-22-24(39(27)77(69,70)71)16-32(76(66,67)68)35(37(22)50)47-44-26-9-4-19(13-30(26)74(60,61)62)42-41-18-2-5-20(6-3-18)72(54,55)56/h2-16,50-51H,40H2,1H3,(H,54,55,56)(H,57,58,59)(H,60,61,62)(H,63,64,65)(H,66,67,68)(H,69,70,71). The Kier molecular flexibility index (Phi) is 14.7. The third-order valence-electron chi connectivity index (χ3n) is 10.4. The summed E-state index contributed by atoms with van der Waals surface area (Å²) in [5.41, 5.74) is -0.754. The van der Waals surface area contributed by atoms with Gasteiger partial charge in [-0.05, 0) is 103 Å². The quantitative estimate of drug-likeness (QED) is 0.0153. The molecule has 32 nitrogen and oxygen atoms in total. The fourth-order valence-electron chi connectivity index (χ4n) is 6.97. The van der Waals surface area contributed by atoms with Gasteiger partial charge in [0.2, 0.25) is 0 Å². The van der Waals surface area contributed by atoms with Gasteiger partial charge in [0, 0.05) is 16.8 Å². The Bertz CT molecular complexity index is 4580. The van der Waals surface area contributed by atoms with Gasteiger partial charge in [-0.3, -0.25) is 37.4 Å². The SMILES string of the molecule is Cc1cc(N=Nc2ccc3c(O)c(N=Nc4ccc(N=Nc5ccc(S(=O)(=O)O)cc5)cc4S(=O)(=O)O)c(S(=O)(=O)O)cc3c2S(=O)(=O)O)c(N)c2c(O)c(N=Nc3ccc(S(=O)(=O)O)cc3[N+](=O)[O-])c(S(=O)(=O)O)cc12. The zero-order valence-corrected chi connectivity index (χ0v) is 42.4. The van der Waals surface area contributed by atoms with Crippen molar-refractivity contribution < 1.29 is 93.0 Å². The number of phenolic OH excluding ortho intramolecular Hbond substituents is 2. The lowest BCUT2D eigenvalue weighted by atomic mass is 10.0. The highest BCUT2D eigenvalue weighted by Gasteiger charge is 2.30. The minimum absolute atomic E-state index is 0.00408. The molecule has 0 heterocycles. The predicted octanol–water partition coefficient (Wildman–Crippen LogP) is 8.34. The van der Waals surface area contributed by atoms with Gasteiger partial charge >= 0.3 is 0 Å². The Labute approximate surface area is 431 Å². The Morgan fingerprint density at radius 1 is 0.442 bits per heavy atom. The number of nitrogens with two attached hydrogens (primary N) is 1. The number of nitro groups is 1. The van der Waals surface area contributed by atoms with Crippen molar-refractivity contribution in [3.8, 4) is 11.5 Å². The number of nitrogen functional groups attached to an aromatic ring is 1. The summed E-state index contributed by atoms with van der Waals surface area (Å²) in [5.74, 6) is -2.46. The summed E-state index contributed by atoms with van der Waals surface area (Å²) in [6.07, 6.45) is 0. The number of aromatic hydroxyl groups is 2. The molecule has 0 saturated heterocycles. The van der Waals surface area contributed by atoms with Gasteiger partial charge in [-0.15, -0.1) is 30.7 Å². The topological polar surface area (TPSA) is 535 Å². The fraction of sp³-hybridized carbons (Fsp3) is 0.0256. The molecule has 402 valence electrons. The summed E-state index contributed by atoms with van der Waals surface area (Å²) in [6, 6.07) is 12.4. The lowest BCUT2D eigenvalue weighted by Gasteiger charge is -2.14. The number of rotatable bonds is 15. The monoisotopic (exact) mass is 1180 g/mol. The van der Waals surface area contributed by atoms with Crippen LogP contribution in [0.5, 0.6) is 11.5 Å². The highest BCUT2D eigenvalue weighted by Crippen LogP contribution is 2.49. The van der Waals surface area contributed by atoms with Crippen molar-refractivity contribution in [3.05, 3.63) is 107 Å². The second kappa shape index (κ2) is 20.0. The van der Waals surface area contributed by atoms with Crippen LogP contribution in [0, 0.1) is 17.0 Å². The maximum atomic E-state index is 13.0. The molecule has 0 aliphatic carbocycles. The molecule has 10 N–H and O–H groups in total. The van der Waals surface area contributed by atoms with E-state index < -0.39 is 168 Å². The molecule has 0 aliphatic heterocycles. The molecule has 0 saturated carbocycles. The summed E-state index contributed by atoms with van der Waals surface area (Å²) in [7, 11) is -31.3. The Morgan fingerprint density at radius 3 is 1.45 bits per heavy atom. The second-order valence-corrected chi connectivity index (χ2v) is 23.8. The molecule has 0 bridgehead atoms. The van der Waals surface area contributed by atoms with Crippen LogP contribution in [-0.2, 0) is 60.7 Å². The number of phenols is 2. The first-order valence-corrected chi connectivity index (χ1v) is 28.6. The molecule has 0 aliphatic rings. The number of nitrogens with zero attached hydrogens (tertiary/aromatic N) is 9. The minimum atomic E-state index is -5.61.